The van der Waals surface area contributed by atoms with E-state index in [-0.39, 0.29) is 5.91 Å². The predicted molar refractivity (Wildman–Crippen MR) is 80.2 cm³/mol. The standard InChI is InChI=1S/C13H31N5O/c1-2-3-6-15-7-4-13(19)18-12-11-17-10-9-16-8-5-14/h15-17H,2-12,14H2,1H3,(H,18,19). The maximum atomic E-state index is 11.4. The maximum absolute atomic E-state index is 11.4. The molecule has 0 aromatic carbocycles. The first-order chi connectivity index (χ1) is 9.31. The van der Waals surface area contributed by atoms with Gasteiger partial charge in [-0.3, -0.25) is 4.79 Å². The molecule has 6 nitrogen and oxygen atoms in total. The number of hydrogen-bond acceptors (Lipinski definition) is 5. The van der Waals surface area contributed by atoms with Crippen LogP contribution in [0.1, 0.15) is 26.2 Å². The van der Waals surface area contributed by atoms with E-state index in [0.29, 0.717) is 19.5 Å². The zero-order valence-corrected chi connectivity index (χ0v) is 12.3. The fourth-order valence-corrected chi connectivity index (χ4v) is 1.54. The lowest BCUT2D eigenvalue weighted by Crippen LogP contribution is -2.36. The average Bonchev–Trinajstić information content (AvgIpc) is 2.41. The third-order valence-electron chi connectivity index (χ3n) is 2.66. The predicted octanol–water partition coefficient (Wildman–Crippen LogP) is -0.980. The van der Waals surface area contributed by atoms with Crippen LogP contribution in [0.3, 0.4) is 0 Å². The average molecular weight is 273 g/mol. The monoisotopic (exact) mass is 273 g/mol. The van der Waals surface area contributed by atoms with Crippen molar-refractivity contribution >= 4 is 5.91 Å². The van der Waals surface area contributed by atoms with Crippen molar-refractivity contribution in [2.24, 2.45) is 5.73 Å². The van der Waals surface area contributed by atoms with Crippen LogP contribution in [0.5, 0.6) is 0 Å². The van der Waals surface area contributed by atoms with Gasteiger partial charge in [-0.05, 0) is 13.0 Å². The highest BCUT2D eigenvalue weighted by atomic mass is 16.1. The molecule has 0 spiro atoms. The van der Waals surface area contributed by atoms with Crippen molar-refractivity contribution in [2.75, 3.05) is 52.4 Å². The molecule has 0 saturated carbocycles. The molecule has 0 aliphatic rings. The summed E-state index contributed by atoms with van der Waals surface area (Å²) in [4.78, 5) is 11.4. The molecule has 0 saturated heterocycles. The first-order valence-electron chi connectivity index (χ1n) is 7.40. The van der Waals surface area contributed by atoms with Gasteiger partial charge in [0.2, 0.25) is 5.91 Å². The molecule has 0 unspecified atom stereocenters. The number of rotatable bonds is 14. The molecule has 0 heterocycles. The third kappa shape index (κ3) is 15.3. The molecular formula is C13H31N5O. The summed E-state index contributed by atoms with van der Waals surface area (Å²) in [7, 11) is 0. The minimum atomic E-state index is 0.118. The van der Waals surface area contributed by atoms with Crippen LogP contribution in [-0.4, -0.2) is 58.3 Å². The molecule has 0 aromatic rings. The number of hydrogen-bond donors (Lipinski definition) is 5. The molecule has 0 radical (unpaired) electrons. The molecule has 6 heteroatoms. The lowest BCUT2D eigenvalue weighted by atomic mass is 10.3. The van der Waals surface area contributed by atoms with Crippen molar-refractivity contribution in [3.63, 3.8) is 0 Å². The number of carbonyl (C=O) groups excluding carboxylic acids is 1. The van der Waals surface area contributed by atoms with E-state index >= 15 is 0 Å². The summed E-state index contributed by atoms with van der Waals surface area (Å²) < 4.78 is 0. The highest BCUT2D eigenvalue weighted by Gasteiger charge is 1.99. The second-order valence-electron chi connectivity index (χ2n) is 4.49. The Labute approximate surface area is 117 Å². The first-order valence-corrected chi connectivity index (χ1v) is 7.40. The Morgan fingerprint density at radius 2 is 1.53 bits per heavy atom. The van der Waals surface area contributed by atoms with E-state index in [2.05, 4.69) is 28.2 Å². The van der Waals surface area contributed by atoms with E-state index in [1.807, 2.05) is 0 Å². The fourth-order valence-electron chi connectivity index (χ4n) is 1.54. The van der Waals surface area contributed by atoms with E-state index in [1.165, 1.54) is 12.8 Å². The van der Waals surface area contributed by atoms with Crippen molar-refractivity contribution < 1.29 is 4.79 Å². The van der Waals surface area contributed by atoms with Gasteiger partial charge in [0.05, 0.1) is 0 Å². The van der Waals surface area contributed by atoms with E-state index in [1.54, 1.807) is 0 Å². The van der Waals surface area contributed by atoms with Gasteiger partial charge in [0, 0.05) is 52.2 Å². The Morgan fingerprint density at radius 1 is 0.895 bits per heavy atom. The van der Waals surface area contributed by atoms with Gasteiger partial charge in [0.15, 0.2) is 0 Å². The van der Waals surface area contributed by atoms with Crippen molar-refractivity contribution in [1.29, 1.82) is 0 Å². The summed E-state index contributed by atoms with van der Waals surface area (Å²) in [5.41, 5.74) is 5.36. The van der Waals surface area contributed by atoms with E-state index < -0.39 is 0 Å². The molecule has 114 valence electrons. The van der Waals surface area contributed by atoms with Crippen LogP contribution in [0.25, 0.3) is 0 Å². The Hall–Kier alpha value is -0.690. The van der Waals surface area contributed by atoms with Crippen LogP contribution in [-0.2, 0) is 4.79 Å². The van der Waals surface area contributed by atoms with Crippen LogP contribution < -0.4 is 27.0 Å². The van der Waals surface area contributed by atoms with Gasteiger partial charge in [0.1, 0.15) is 0 Å². The molecule has 0 bridgehead atoms. The SMILES string of the molecule is CCCCNCCC(=O)NCCNCCNCCN. The van der Waals surface area contributed by atoms with Crippen LogP contribution in [0.4, 0.5) is 0 Å². The number of unbranched alkanes of at least 4 members (excludes halogenated alkanes) is 1. The van der Waals surface area contributed by atoms with Gasteiger partial charge < -0.3 is 27.0 Å². The first kappa shape index (κ1) is 18.3. The second-order valence-corrected chi connectivity index (χ2v) is 4.49. The van der Waals surface area contributed by atoms with Gasteiger partial charge in [-0.15, -0.1) is 0 Å². The van der Waals surface area contributed by atoms with Crippen LogP contribution in [0.15, 0.2) is 0 Å². The minimum absolute atomic E-state index is 0.118. The summed E-state index contributed by atoms with van der Waals surface area (Å²) in [6.07, 6.45) is 2.91. The Kier molecular flexibility index (Phi) is 14.8. The van der Waals surface area contributed by atoms with Gasteiger partial charge in [-0.2, -0.15) is 0 Å². The lowest BCUT2D eigenvalue weighted by Gasteiger charge is -2.08. The highest BCUT2D eigenvalue weighted by Crippen LogP contribution is 1.83. The van der Waals surface area contributed by atoms with E-state index in [9.17, 15) is 4.79 Å². The Bertz CT molecular complexity index is 201. The topological polar surface area (TPSA) is 91.2 Å². The smallest absolute Gasteiger partial charge is 0.221 e. The zero-order chi connectivity index (χ0) is 14.2. The van der Waals surface area contributed by atoms with Crippen molar-refractivity contribution in [3.8, 4) is 0 Å². The summed E-state index contributed by atoms with van der Waals surface area (Å²) in [5.74, 6) is 0.118. The Morgan fingerprint density at radius 3 is 2.21 bits per heavy atom. The second kappa shape index (κ2) is 15.4. The molecule has 1 amide bonds. The molecule has 19 heavy (non-hydrogen) atoms. The van der Waals surface area contributed by atoms with Crippen LogP contribution in [0.2, 0.25) is 0 Å². The molecule has 0 atom stereocenters. The molecule has 0 aliphatic heterocycles. The largest absolute Gasteiger partial charge is 0.355 e. The lowest BCUT2D eigenvalue weighted by molar-refractivity contribution is -0.120. The van der Waals surface area contributed by atoms with Crippen LogP contribution >= 0.6 is 0 Å². The Balaban J connectivity index is 3.12. The molecule has 0 fully saturated rings. The zero-order valence-electron chi connectivity index (χ0n) is 12.3. The molecular weight excluding hydrogens is 242 g/mol. The summed E-state index contributed by atoms with van der Waals surface area (Å²) in [5, 5.41) is 12.6. The summed E-state index contributed by atoms with van der Waals surface area (Å²) in [6, 6.07) is 0. The summed E-state index contributed by atoms with van der Waals surface area (Å²) >= 11 is 0. The maximum Gasteiger partial charge on any atom is 0.221 e. The number of nitrogens with one attached hydrogen (secondary N) is 4. The van der Waals surface area contributed by atoms with E-state index in [0.717, 1.165) is 39.3 Å². The fraction of sp³-hybridized carbons (Fsp3) is 0.923. The van der Waals surface area contributed by atoms with Crippen molar-refractivity contribution in [3.05, 3.63) is 0 Å². The minimum Gasteiger partial charge on any atom is -0.355 e. The quantitative estimate of drug-likeness (QED) is 0.262. The normalized spacial score (nSPS) is 10.6. The molecule has 0 rings (SSSR count). The van der Waals surface area contributed by atoms with Gasteiger partial charge in [-0.25, -0.2) is 0 Å². The van der Waals surface area contributed by atoms with Gasteiger partial charge >= 0.3 is 0 Å². The van der Waals surface area contributed by atoms with Crippen molar-refractivity contribution in [2.45, 2.75) is 26.2 Å². The molecule has 0 aromatic heterocycles. The van der Waals surface area contributed by atoms with E-state index in [4.69, 9.17) is 5.73 Å². The summed E-state index contributed by atoms with van der Waals surface area (Å²) in [6.45, 7) is 8.74. The van der Waals surface area contributed by atoms with Crippen LogP contribution in [0, 0.1) is 0 Å². The third-order valence-corrected chi connectivity index (χ3v) is 2.66. The number of amides is 1. The number of carbonyl (C=O) groups is 1. The van der Waals surface area contributed by atoms with Gasteiger partial charge in [-0.1, -0.05) is 13.3 Å². The van der Waals surface area contributed by atoms with Gasteiger partial charge in [0.25, 0.3) is 0 Å². The number of nitrogens with two attached hydrogens (primary N) is 1. The molecule has 6 N–H and O–H groups in total. The highest BCUT2D eigenvalue weighted by molar-refractivity contribution is 5.76. The van der Waals surface area contributed by atoms with Crippen molar-refractivity contribution in [1.82, 2.24) is 21.3 Å². The molecule has 0 aliphatic carbocycles.